The smallest absolute Gasteiger partial charge is 0.435 e. The third kappa shape index (κ3) is 8.78. The van der Waals surface area contributed by atoms with Gasteiger partial charge in [-0.2, -0.15) is 14.4 Å². The highest BCUT2D eigenvalue weighted by Gasteiger charge is 2.43. The largest absolute Gasteiger partial charge is 0.508 e. The normalized spacial score (nSPS) is 13.6. The van der Waals surface area contributed by atoms with Crippen LogP contribution in [0.2, 0.25) is 0 Å². The molecule has 0 fully saturated rings. The van der Waals surface area contributed by atoms with Crippen LogP contribution in [0.5, 0.6) is 0 Å². The number of fused-ring (bicyclic) bond motifs is 1. The van der Waals surface area contributed by atoms with Crippen molar-refractivity contribution >= 4 is 29.3 Å². The first-order valence-corrected chi connectivity index (χ1v) is 13.5. The quantitative estimate of drug-likeness (QED) is 0.0907. The van der Waals surface area contributed by atoms with Crippen LogP contribution in [-0.4, -0.2) is 70.5 Å². The molecule has 0 aliphatic carbocycles. The number of rotatable bonds is 17. The number of hydrogen-bond donors (Lipinski definition) is 1. The molecule has 2 aromatic heterocycles. The predicted molar refractivity (Wildman–Crippen MR) is 149 cm³/mol. The number of aromatic nitrogens is 4. The minimum Gasteiger partial charge on any atom is -0.435 e. The van der Waals surface area contributed by atoms with Gasteiger partial charge in [0.2, 0.25) is 5.60 Å². The van der Waals surface area contributed by atoms with Crippen LogP contribution in [0.15, 0.2) is 19.0 Å². The van der Waals surface area contributed by atoms with E-state index in [1.54, 1.807) is 6.92 Å². The molecule has 0 aliphatic heterocycles. The van der Waals surface area contributed by atoms with Gasteiger partial charge in [0.05, 0.1) is 26.1 Å². The second-order valence-electron chi connectivity index (χ2n) is 9.52. The summed E-state index contributed by atoms with van der Waals surface area (Å²) >= 11 is 0. The third-order valence-corrected chi connectivity index (χ3v) is 7.26. The van der Waals surface area contributed by atoms with Gasteiger partial charge in [-0.25, -0.2) is 14.6 Å². The fourth-order valence-electron chi connectivity index (χ4n) is 4.54. The number of nitrogens with two attached hydrogens (primary N) is 1. The van der Waals surface area contributed by atoms with Gasteiger partial charge in [-0.05, 0) is 38.0 Å². The third-order valence-electron chi connectivity index (χ3n) is 7.26. The van der Waals surface area contributed by atoms with E-state index in [1.807, 2.05) is 6.08 Å². The second-order valence-corrected chi connectivity index (χ2v) is 9.52. The molecule has 0 saturated carbocycles. The SMILES string of the molecule is C#C[C@](COC(=O)OCCCCC(CC)(CC)CC=C)(OC)[C@H](Cn1cnc2c(N)nc(F)nc21)OC(=O)OCC. The van der Waals surface area contributed by atoms with Gasteiger partial charge in [0.25, 0.3) is 0 Å². The Morgan fingerprint density at radius 2 is 1.93 bits per heavy atom. The topological polar surface area (TPSA) is 150 Å². The number of anilines is 1. The number of terminal acetylenes is 1. The van der Waals surface area contributed by atoms with Gasteiger partial charge >= 0.3 is 18.4 Å². The Kier molecular flexibility index (Phi) is 12.8. The number of methoxy groups -OCH3 is 1. The van der Waals surface area contributed by atoms with E-state index in [1.165, 1.54) is 18.0 Å². The summed E-state index contributed by atoms with van der Waals surface area (Å²) in [6.07, 6.45) is 10.2. The molecule has 0 aromatic carbocycles. The molecule has 0 bridgehead atoms. The van der Waals surface area contributed by atoms with Crippen LogP contribution in [0.4, 0.5) is 19.8 Å². The van der Waals surface area contributed by atoms with Crippen LogP contribution in [0.25, 0.3) is 11.2 Å². The van der Waals surface area contributed by atoms with Gasteiger partial charge in [0.15, 0.2) is 17.6 Å². The molecule has 0 aliphatic rings. The van der Waals surface area contributed by atoms with Crippen LogP contribution in [-0.2, 0) is 30.2 Å². The lowest BCUT2D eigenvalue weighted by molar-refractivity contribution is -0.116. The van der Waals surface area contributed by atoms with E-state index < -0.39 is 36.7 Å². The second kappa shape index (κ2) is 15.8. The van der Waals surface area contributed by atoms with E-state index in [4.69, 9.17) is 35.8 Å². The Morgan fingerprint density at radius 1 is 1.20 bits per heavy atom. The van der Waals surface area contributed by atoms with Crippen molar-refractivity contribution in [2.75, 3.05) is 32.7 Å². The van der Waals surface area contributed by atoms with Crippen molar-refractivity contribution in [1.82, 2.24) is 19.5 Å². The van der Waals surface area contributed by atoms with Gasteiger partial charge in [-0.1, -0.05) is 38.7 Å². The molecule has 2 heterocycles. The fourth-order valence-corrected chi connectivity index (χ4v) is 4.54. The molecule has 2 N–H and O–H groups in total. The number of imidazole rings is 1. The lowest BCUT2D eigenvalue weighted by Crippen LogP contribution is -2.51. The highest BCUT2D eigenvalue weighted by molar-refractivity contribution is 5.81. The first kappa shape index (κ1) is 33.3. The Labute approximate surface area is 239 Å². The first-order chi connectivity index (χ1) is 19.6. The average molecular weight is 578 g/mol. The maximum atomic E-state index is 13.9. The van der Waals surface area contributed by atoms with Gasteiger partial charge in [0.1, 0.15) is 12.1 Å². The Balaban J connectivity index is 2.11. The van der Waals surface area contributed by atoms with Gasteiger partial charge < -0.3 is 34.0 Å². The molecule has 2 atom stereocenters. The highest BCUT2D eigenvalue weighted by Crippen LogP contribution is 2.36. The molecular formula is C28H40FN5O7. The zero-order chi connectivity index (χ0) is 30.5. The average Bonchev–Trinajstić information content (AvgIpc) is 3.35. The van der Waals surface area contributed by atoms with Crippen molar-refractivity contribution in [2.24, 2.45) is 5.41 Å². The molecule has 0 amide bonds. The molecule has 0 spiro atoms. The maximum Gasteiger partial charge on any atom is 0.508 e. The predicted octanol–water partition coefficient (Wildman–Crippen LogP) is 4.81. The van der Waals surface area contributed by atoms with Crippen molar-refractivity contribution in [3.05, 3.63) is 25.1 Å². The molecule has 41 heavy (non-hydrogen) atoms. The van der Waals surface area contributed by atoms with E-state index in [9.17, 15) is 14.0 Å². The number of nitrogens with zero attached hydrogens (tertiary/aromatic N) is 4. The number of unbranched alkanes of at least 4 members (excludes halogenated alkanes) is 1. The maximum absolute atomic E-state index is 13.9. The van der Waals surface area contributed by atoms with Crippen LogP contribution >= 0.6 is 0 Å². The van der Waals surface area contributed by atoms with Crippen molar-refractivity contribution in [3.8, 4) is 12.3 Å². The molecule has 12 nitrogen and oxygen atoms in total. The van der Waals surface area contributed by atoms with Crippen molar-refractivity contribution in [1.29, 1.82) is 0 Å². The Hall–Kier alpha value is -3.92. The summed E-state index contributed by atoms with van der Waals surface area (Å²) in [7, 11) is 1.26. The number of hydrogen-bond acceptors (Lipinski definition) is 11. The molecule has 226 valence electrons. The van der Waals surface area contributed by atoms with Crippen LogP contribution < -0.4 is 5.73 Å². The van der Waals surface area contributed by atoms with Crippen molar-refractivity contribution < 1.29 is 37.7 Å². The molecular weight excluding hydrogens is 537 g/mol. The van der Waals surface area contributed by atoms with Crippen LogP contribution in [0.1, 0.15) is 59.3 Å². The van der Waals surface area contributed by atoms with Crippen molar-refractivity contribution in [2.45, 2.75) is 77.5 Å². The molecule has 0 unspecified atom stereocenters. The summed E-state index contributed by atoms with van der Waals surface area (Å²) in [5.41, 5.74) is 4.31. The van der Waals surface area contributed by atoms with Crippen molar-refractivity contribution in [3.63, 3.8) is 0 Å². The molecule has 0 radical (unpaired) electrons. The molecule has 2 aromatic rings. The number of carbonyl (C=O) groups excluding carboxylic acids is 2. The monoisotopic (exact) mass is 577 g/mol. The summed E-state index contributed by atoms with van der Waals surface area (Å²) in [4.78, 5) is 36.0. The van der Waals surface area contributed by atoms with E-state index >= 15 is 0 Å². The van der Waals surface area contributed by atoms with E-state index in [-0.39, 0.29) is 42.2 Å². The highest BCUT2D eigenvalue weighted by atomic mass is 19.1. The fraction of sp³-hybridized carbons (Fsp3) is 0.607. The molecule has 2 rings (SSSR count). The summed E-state index contributed by atoms with van der Waals surface area (Å²) in [6.45, 7) is 9.22. The Bertz CT molecular complexity index is 1210. The summed E-state index contributed by atoms with van der Waals surface area (Å²) in [6, 6.07) is 0. The van der Waals surface area contributed by atoms with E-state index in [2.05, 4.69) is 41.3 Å². The summed E-state index contributed by atoms with van der Waals surface area (Å²) < 4.78 is 41.6. The number of halogens is 1. The lowest BCUT2D eigenvalue weighted by atomic mass is 9.75. The van der Waals surface area contributed by atoms with Gasteiger partial charge in [-0.15, -0.1) is 13.0 Å². The van der Waals surface area contributed by atoms with Crippen LogP contribution in [0, 0.1) is 23.8 Å². The minimum absolute atomic E-state index is 0.0260. The van der Waals surface area contributed by atoms with Crippen LogP contribution in [0.3, 0.4) is 0 Å². The van der Waals surface area contributed by atoms with E-state index in [0.29, 0.717) is 6.42 Å². The molecule has 0 saturated heterocycles. The summed E-state index contributed by atoms with van der Waals surface area (Å²) in [5, 5.41) is 0. The zero-order valence-electron chi connectivity index (χ0n) is 24.2. The van der Waals surface area contributed by atoms with Gasteiger partial charge in [0, 0.05) is 7.11 Å². The number of ether oxygens (including phenoxy) is 5. The lowest BCUT2D eigenvalue weighted by Gasteiger charge is -2.33. The number of carbonyl (C=O) groups is 2. The standard InChI is InChI=1S/C28H40FN5O7/c1-7-14-27(8-2,9-3)15-12-13-16-39-25(35)40-18-28(10-4,37-6)20(41-26(36)38-11-5)17-34-19-31-21-22(30)32-24(29)33-23(21)34/h4,7,19-20H,1,8-9,11-18H2,2-3,5-6H3,(H2,30,32,33)/t20-,28+/m0/s1. The van der Waals surface area contributed by atoms with Gasteiger partial charge in [-0.3, -0.25) is 0 Å². The van der Waals surface area contributed by atoms with E-state index in [0.717, 1.165) is 32.1 Å². The first-order valence-electron chi connectivity index (χ1n) is 13.5. The number of allylic oxidation sites excluding steroid dienone is 1. The summed E-state index contributed by atoms with van der Waals surface area (Å²) in [5.74, 6) is 2.23. The molecule has 13 heteroatoms. The number of nitrogen functional groups attached to an aromatic ring is 1. The Morgan fingerprint density at radius 3 is 2.54 bits per heavy atom. The minimum atomic E-state index is -1.79. The zero-order valence-corrected chi connectivity index (χ0v) is 24.2.